The molecule has 27 heavy (non-hydrogen) atoms. The number of anilines is 1. The predicted octanol–water partition coefficient (Wildman–Crippen LogP) is 5.12. The number of nitrogens with zero attached hydrogens (tertiary/aromatic N) is 1. The molecule has 0 bridgehead atoms. The van der Waals surface area contributed by atoms with Crippen LogP contribution in [-0.2, 0) is 23.9 Å². The van der Waals surface area contributed by atoms with Crippen LogP contribution in [-0.4, -0.2) is 18.4 Å². The second-order valence-electron chi connectivity index (χ2n) is 5.87. The standard InChI is InChI=1S/C19H20F3NO4/c1-4-13-5-8-17(12(2)9-13)27-11-14-6-7-15(19(20,21)22)10-16(14)23(25)18(24)26-3/h5-10,25H,4,11H2,1-3H3. The normalized spacial score (nSPS) is 11.2. The molecule has 2 aromatic rings. The van der Waals surface area contributed by atoms with Crippen LogP contribution >= 0.6 is 0 Å². The van der Waals surface area contributed by atoms with Crippen LogP contribution < -0.4 is 9.80 Å². The summed E-state index contributed by atoms with van der Waals surface area (Å²) in [6.07, 6.45) is -4.97. The lowest BCUT2D eigenvalue weighted by atomic mass is 10.1. The predicted molar refractivity (Wildman–Crippen MR) is 93.0 cm³/mol. The lowest BCUT2D eigenvalue weighted by molar-refractivity contribution is -0.137. The Morgan fingerprint density at radius 2 is 1.89 bits per heavy atom. The van der Waals surface area contributed by atoms with Crippen molar-refractivity contribution in [1.82, 2.24) is 0 Å². The molecule has 0 aromatic heterocycles. The topological polar surface area (TPSA) is 59.0 Å². The Kier molecular flexibility index (Phi) is 6.32. The van der Waals surface area contributed by atoms with E-state index in [-0.39, 0.29) is 22.9 Å². The Labute approximate surface area is 154 Å². The van der Waals surface area contributed by atoms with E-state index >= 15 is 0 Å². The Morgan fingerprint density at radius 1 is 1.19 bits per heavy atom. The molecule has 5 nitrogen and oxygen atoms in total. The molecule has 1 amide bonds. The number of methoxy groups -OCH3 is 1. The minimum Gasteiger partial charge on any atom is -0.489 e. The number of benzene rings is 2. The molecule has 0 unspecified atom stereocenters. The third-order valence-corrected chi connectivity index (χ3v) is 4.02. The van der Waals surface area contributed by atoms with Gasteiger partial charge in [-0.05, 0) is 42.7 Å². The fraction of sp³-hybridized carbons (Fsp3) is 0.316. The van der Waals surface area contributed by atoms with Crippen LogP contribution in [0.1, 0.15) is 29.2 Å². The fourth-order valence-electron chi connectivity index (χ4n) is 2.49. The molecular formula is C19H20F3NO4. The van der Waals surface area contributed by atoms with Crippen molar-refractivity contribution in [2.24, 2.45) is 0 Å². The maximum absolute atomic E-state index is 13.0. The van der Waals surface area contributed by atoms with Gasteiger partial charge in [-0.2, -0.15) is 18.2 Å². The third kappa shape index (κ3) is 4.91. The van der Waals surface area contributed by atoms with Gasteiger partial charge in [0.1, 0.15) is 12.4 Å². The minimum atomic E-state index is -4.63. The second-order valence-corrected chi connectivity index (χ2v) is 5.87. The molecule has 0 radical (unpaired) electrons. The summed E-state index contributed by atoms with van der Waals surface area (Å²) in [5.41, 5.74) is 0.820. The van der Waals surface area contributed by atoms with Gasteiger partial charge in [0.15, 0.2) is 0 Å². The van der Waals surface area contributed by atoms with Gasteiger partial charge in [-0.3, -0.25) is 5.21 Å². The maximum atomic E-state index is 13.0. The SMILES string of the molecule is CCc1ccc(OCc2ccc(C(F)(F)F)cc2N(O)C(=O)OC)c(C)c1. The largest absolute Gasteiger partial charge is 0.489 e. The third-order valence-electron chi connectivity index (χ3n) is 4.02. The molecule has 0 saturated carbocycles. The summed E-state index contributed by atoms with van der Waals surface area (Å²) >= 11 is 0. The summed E-state index contributed by atoms with van der Waals surface area (Å²) in [6.45, 7) is 3.73. The molecule has 0 aliphatic carbocycles. The van der Waals surface area contributed by atoms with Crippen molar-refractivity contribution in [2.45, 2.75) is 33.1 Å². The molecule has 2 aromatic carbocycles. The molecular weight excluding hydrogens is 363 g/mol. The highest BCUT2D eigenvalue weighted by Crippen LogP contribution is 2.34. The van der Waals surface area contributed by atoms with Gasteiger partial charge in [-0.15, -0.1) is 0 Å². The first-order chi connectivity index (χ1) is 12.7. The minimum absolute atomic E-state index is 0.0287. The summed E-state index contributed by atoms with van der Waals surface area (Å²) in [7, 11) is 1.01. The number of hydrogen-bond acceptors (Lipinski definition) is 4. The number of hydroxylamine groups is 1. The van der Waals surface area contributed by atoms with E-state index in [1.54, 1.807) is 6.07 Å². The Balaban J connectivity index is 2.33. The summed E-state index contributed by atoms with van der Waals surface area (Å²) < 4.78 is 49.0. The van der Waals surface area contributed by atoms with Gasteiger partial charge in [0, 0.05) is 5.56 Å². The zero-order valence-electron chi connectivity index (χ0n) is 15.1. The number of amides is 1. The van der Waals surface area contributed by atoms with Crippen LogP contribution in [0.5, 0.6) is 5.75 Å². The number of rotatable bonds is 5. The number of aryl methyl sites for hydroxylation is 2. The number of carbonyl (C=O) groups is 1. The average molecular weight is 383 g/mol. The lowest BCUT2D eigenvalue weighted by Gasteiger charge is -2.20. The molecule has 0 aliphatic heterocycles. The lowest BCUT2D eigenvalue weighted by Crippen LogP contribution is -2.28. The van der Waals surface area contributed by atoms with Gasteiger partial charge in [0.2, 0.25) is 0 Å². The number of carbonyl (C=O) groups excluding carboxylic acids is 1. The quantitative estimate of drug-likeness (QED) is 0.575. The summed E-state index contributed by atoms with van der Waals surface area (Å²) in [4.78, 5) is 11.6. The first-order valence-electron chi connectivity index (χ1n) is 8.16. The van der Waals surface area contributed by atoms with E-state index in [0.717, 1.165) is 36.8 Å². The smallest absolute Gasteiger partial charge is 0.438 e. The van der Waals surface area contributed by atoms with Crippen molar-refractivity contribution in [3.63, 3.8) is 0 Å². The highest BCUT2D eigenvalue weighted by molar-refractivity contribution is 5.86. The molecule has 0 heterocycles. The highest BCUT2D eigenvalue weighted by Gasteiger charge is 2.32. The van der Waals surface area contributed by atoms with Gasteiger partial charge in [-0.1, -0.05) is 25.1 Å². The van der Waals surface area contributed by atoms with Crippen LogP contribution in [0.15, 0.2) is 36.4 Å². The molecule has 0 spiro atoms. The zero-order chi connectivity index (χ0) is 20.2. The zero-order valence-corrected chi connectivity index (χ0v) is 15.1. The average Bonchev–Trinajstić information content (AvgIpc) is 2.64. The number of hydrogen-bond donors (Lipinski definition) is 1. The Hall–Kier alpha value is -2.74. The van der Waals surface area contributed by atoms with Crippen molar-refractivity contribution < 1.29 is 32.6 Å². The van der Waals surface area contributed by atoms with Crippen molar-refractivity contribution in [3.05, 3.63) is 58.7 Å². The Morgan fingerprint density at radius 3 is 2.44 bits per heavy atom. The molecule has 146 valence electrons. The molecule has 2 rings (SSSR count). The molecule has 0 aliphatic rings. The van der Waals surface area contributed by atoms with E-state index in [0.29, 0.717) is 11.8 Å². The van der Waals surface area contributed by atoms with Gasteiger partial charge >= 0.3 is 12.3 Å². The van der Waals surface area contributed by atoms with Crippen LogP contribution in [0.3, 0.4) is 0 Å². The fourth-order valence-corrected chi connectivity index (χ4v) is 2.49. The van der Waals surface area contributed by atoms with Crippen molar-refractivity contribution >= 4 is 11.8 Å². The van der Waals surface area contributed by atoms with E-state index in [4.69, 9.17) is 4.74 Å². The van der Waals surface area contributed by atoms with Crippen molar-refractivity contribution in [1.29, 1.82) is 0 Å². The molecule has 0 saturated heterocycles. The van der Waals surface area contributed by atoms with E-state index in [1.165, 1.54) is 0 Å². The monoisotopic (exact) mass is 383 g/mol. The van der Waals surface area contributed by atoms with Crippen molar-refractivity contribution in [2.75, 3.05) is 12.2 Å². The number of ether oxygens (including phenoxy) is 2. The van der Waals surface area contributed by atoms with Gasteiger partial charge in [0.05, 0.1) is 18.4 Å². The van der Waals surface area contributed by atoms with E-state index in [9.17, 15) is 23.2 Å². The molecule has 1 N–H and O–H groups in total. The van der Waals surface area contributed by atoms with Crippen LogP contribution in [0.4, 0.5) is 23.7 Å². The van der Waals surface area contributed by atoms with Crippen molar-refractivity contribution in [3.8, 4) is 5.75 Å². The summed E-state index contributed by atoms with van der Waals surface area (Å²) in [6, 6.07) is 8.30. The molecule has 8 heteroatoms. The van der Waals surface area contributed by atoms with Crippen LogP contribution in [0, 0.1) is 6.92 Å². The second kappa shape index (κ2) is 8.30. The molecule has 0 fully saturated rings. The Bertz CT molecular complexity index is 821. The van der Waals surface area contributed by atoms with E-state index < -0.39 is 17.8 Å². The number of halogens is 3. The van der Waals surface area contributed by atoms with Gasteiger partial charge in [0.25, 0.3) is 0 Å². The summed E-state index contributed by atoms with van der Waals surface area (Å²) in [5, 5.41) is 9.94. The first-order valence-corrected chi connectivity index (χ1v) is 8.16. The number of alkyl halides is 3. The van der Waals surface area contributed by atoms with Gasteiger partial charge in [-0.25, -0.2) is 4.79 Å². The van der Waals surface area contributed by atoms with E-state index in [2.05, 4.69) is 4.74 Å². The van der Waals surface area contributed by atoms with Crippen LogP contribution in [0.2, 0.25) is 0 Å². The summed E-state index contributed by atoms with van der Waals surface area (Å²) in [5.74, 6) is 0.556. The van der Waals surface area contributed by atoms with E-state index in [1.807, 2.05) is 26.0 Å². The van der Waals surface area contributed by atoms with Crippen LogP contribution in [0.25, 0.3) is 0 Å². The van der Waals surface area contributed by atoms with Gasteiger partial charge < -0.3 is 9.47 Å². The molecule has 0 atom stereocenters. The highest BCUT2D eigenvalue weighted by atomic mass is 19.4. The maximum Gasteiger partial charge on any atom is 0.438 e. The first kappa shape index (κ1) is 20.6.